The number of rotatable bonds is 7. The lowest BCUT2D eigenvalue weighted by Crippen LogP contribution is -2.24. The number of nitrogens with one attached hydrogen (secondary N) is 1. The molecule has 1 amide bonds. The summed E-state index contributed by atoms with van der Waals surface area (Å²) in [5.74, 6) is -0.731. The Morgan fingerprint density at radius 3 is 2.39 bits per heavy atom. The van der Waals surface area contributed by atoms with Gasteiger partial charge >= 0.3 is 0 Å². The lowest BCUT2D eigenvalue weighted by atomic mass is 10.2. The van der Waals surface area contributed by atoms with Gasteiger partial charge in [0.05, 0.1) is 25.0 Å². The van der Waals surface area contributed by atoms with Gasteiger partial charge in [0.1, 0.15) is 11.5 Å². The molecule has 0 radical (unpaired) electrons. The monoisotopic (exact) mass is 516 g/mol. The maximum Gasteiger partial charge on any atom is 0.277 e. The number of phenolic OH excluding ortho intramolecular Hbond substituents is 1. The summed E-state index contributed by atoms with van der Waals surface area (Å²) in [6.07, 6.45) is 1.03. The zero-order valence-electron chi connectivity index (χ0n) is 13.7. The van der Waals surface area contributed by atoms with Crippen LogP contribution in [0.3, 0.4) is 0 Å². The van der Waals surface area contributed by atoms with Crippen LogP contribution < -0.4 is 10.2 Å². The van der Waals surface area contributed by atoms with Gasteiger partial charge in [0.25, 0.3) is 17.3 Å². The molecule has 0 heterocycles. The van der Waals surface area contributed by atoms with E-state index < -0.39 is 22.4 Å². The van der Waals surface area contributed by atoms with Crippen LogP contribution in [0.5, 0.6) is 11.5 Å². The Labute approximate surface area is 173 Å². The largest absolute Gasteiger partial charge is 0.506 e. The number of ether oxygens (including phenoxy) is 1. The molecule has 0 aromatic heterocycles. The van der Waals surface area contributed by atoms with Crippen LogP contribution in [0.1, 0.15) is 5.56 Å². The summed E-state index contributed by atoms with van der Waals surface area (Å²) in [5, 5.41) is 35.0. The molecule has 0 bridgehead atoms. The molecule has 0 unspecified atom stereocenters. The van der Waals surface area contributed by atoms with Crippen LogP contribution in [0.15, 0.2) is 44.4 Å². The molecule has 13 heteroatoms. The summed E-state index contributed by atoms with van der Waals surface area (Å²) in [6, 6.07) is 5.99. The van der Waals surface area contributed by atoms with E-state index in [1.165, 1.54) is 18.2 Å². The molecule has 0 spiro atoms. The van der Waals surface area contributed by atoms with E-state index in [9.17, 15) is 30.1 Å². The highest BCUT2D eigenvalue weighted by Crippen LogP contribution is 2.31. The SMILES string of the molecule is O=C(COc1ccc([N+](=O)[O-])cc1Br)NN=Cc1cc([N+](=O)[O-])cc(Br)c1O. The summed E-state index contributed by atoms with van der Waals surface area (Å²) >= 11 is 6.09. The zero-order chi connectivity index (χ0) is 20.8. The van der Waals surface area contributed by atoms with E-state index in [0.717, 1.165) is 18.3 Å². The molecule has 2 N–H and O–H groups in total. The van der Waals surface area contributed by atoms with Gasteiger partial charge in [0.2, 0.25) is 0 Å². The molecule has 28 heavy (non-hydrogen) atoms. The van der Waals surface area contributed by atoms with E-state index in [1.54, 1.807) is 0 Å². The minimum atomic E-state index is -0.662. The third-order valence-electron chi connectivity index (χ3n) is 3.17. The van der Waals surface area contributed by atoms with E-state index in [1.807, 2.05) is 0 Å². The average Bonchev–Trinajstić information content (AvgIpc) is 2.63. The Balaban J connectivity index is 1.98. The number of nitrogens with zero attached hydrogens (tertiary/aromatic N) is 3. The molecule has 0 aliphatic heterocycles. The Morgan fingerprint density at radius 1 is 1.14 bits per heavy atom. The molecule has 0 atom stereocenters. The third kappa shape index (κ3) is 5.47. The van der Waals surface area contributed by atoms with E-state index in [0.29, 0.717) is 4.47 Å². The summed E-state index contributed by atoms with van der Waals surface area (Å²) in [5.41, 5.74) is 1.73. The highest BCUT2D eigenvalue weighted by Gasteiger charge is 2.14. The van der Waals surface area contributed by atoms with Crippen molar-refractivity contribution in [3.05, 3.63) is 65.1 Å². The van der Waals surface area contributed by atoms with Crippen LogP contribution in [-0.2, 0) is 4.79 Å². The number of non-ortho nitro benzene ring substituents is 2. The number of aromatic hydroxyl groups is 1. The summed E-state index contributed by atoms with van der Waals surface area (Å²) in [7, 11) is 0. The molecule has 0 saturated heterocycles. The van der Waals surface area contributed by atoms with Crippen molar-refractivity contribution in [1.82, 2.24) is 5.43 Å². The van der Waals surface area contributed by atoms with Crippen LogP contribution >= 0.6 is 31.9 Å². The smallest absolute Gasteiger partial charge is 0.277 e. The number of carbonyl (C=O) groups excluding carboxylic acids is 1. The predicted octanol–water partition coefficient (Wildman–Crippen LogP) is 3.26. The third-order valence-corrected chi connectivity index (χ3v) is 4.39. The fourth-order valence-corrected chi connectivity index (χ4v) is 2.82. The highest BCUT2D eigenvalue weighted by atomic mass is 79.9. The zero-order valence-corrected chi connectivity index (χ0v) is 16.8. The van der Waals surface area contributed by atoms with Crippen LogP contribution in [0.4, 0.5) is 11.4 Å². The Bertz CT molecular complexity index is 981. The molecular formula is C15H10Br2N4O7. The summed E-state index contributed by atoms with van der Waals surface area (Å²) < 4.78 is 5.62. The van der Waals surface area contributed by atoms with Gasteiger partial charge < -0.3 is 9.84 Å². The van der Waals surface area contributed by atoms with E-state index in [4.69, 9.17) is 4.74 Å². The van der Waals surface area contributed by atoms with Crippen molar-refractivity contribution in [3.8, 4) is 11.5 Å². The van der Waals surface area contributed by atoms with Crippen molar-refractivity contribution in [2.24, 2.45) is 5.10 Å². The quantitative estimate of drug-likeness (QED) is 0.324. The molecular weight excluding hydrogens is 508 g/mol. The number of nitro benzene ring substituents is 2. The number of hydrogen-bond acceptors (Lipinski definition) is 8. The maximum atomic E-state index is 11.8. The van der Waals surface area contributed by atoms with Gasteiger partial charge in [-0.2, -0.15) is 5.10 Å². The molecule has 2 aromatic rings. The number of nitro groups is 2. The second kappa shape index (κ2) is 9.23. The van der Waals surface area contributed by atoms with Crippen LogP contribution in [-0.4, -0.2) is 33.7 Å². The molecule has 0 aliphatic carbocycles. The first-order valence-corrected chi connectivity index (χ1v) is 8.83. The first kappa shape index (κ1) is 21.2. The van der Waals surface area contributed by atoms with Crippen LogP contribution in [0.25, 0.3) is 0 Å². The normalized spacial score (nSPS) is 10.6. The van der Waals surface area contributed by atoms with Crippen LogP contribution in [0.2, 0.25) is 0 Å². The van der Waals surface area contributed by atoms with Crippen molar-refractivity contribution < 1.29 is 24.5 Å². The second-order valence-electron chi connectivity index (χ2n) is 5.08. The van der Waals surface area contributed by atoms with E-state index >= 15 is 0 Å². The minimum Gasteiger partial charge on any atom is -0.506 e. The number of amides is 1. The first-order valence-electron chi connectivity index (χ1n) is 7.24. The fraction of sp³-hybridized carbons (Fsp3) is 0.0667. The second-order valence-corrected chi connectivity index (χ2v) is 6.78. The fourth-order valence-electron chi connectivity index (χ4n) is 1.88. The predicted molar refractivity (Wildman–Crippen MR) is 104 cm³/mol. The van der Waals surface area contributed by atoms with Gasteiger partial charge in [-0.15, -0.1) is 0 Å². The van der Waals surface area contributed by atoms with Crippen molar-refractivity contribution in [3.63, 3.8) is 0 Å². The number of benzene rings is 2. The van der Waals surface area contributed by atoms with Gasteiger partial charge in [0, 0.05) is 29.8 Å². The molecule has 146 valence electrons. The molecule has 2 rings (SSSR count). The Morgan fingerprint density at radius 2 is 1.79 bits per heavy atom. The Kier molecular flexibility index (Phi) is 7.00. The van der Waals surface area contributed by atoms with Crippen molar-refractivity contribution >= 4 is 55.4 Å². The number of carbonyl (C=O) groups is 1. The van der Waals surface area contributed by atoms with Crippen molar-refractivity contribution in [2.45, 2.75) is 0 Å². The Hall–Kier alpha value is -3.06. The van der Waals surface area contributed by atoms with E-state index in [-0.39, 0.29) is 32.9 Å². The topological polar surface area (TPSA) is 157 Å². The molecule has 0 fully saturated rings. The van der Waals surface area contributed by atoms with Crippen molar-refractivity contribution in [2.75, 3.05) is 6.61 Å². The standard InChI is InChI=1S/C15H10Br2N4O7/c16-11-4-9(20(24)25)1-2-13(11)28-7-14(22)19-18-6-8-3-10(21(26)27)5-12(17)15(8)23/h1-6,23H,7H2,(H,19,22). The highest BCUT2D eigenvalue weighted by molar-refractivity contribution is 9.10. The minimum absolute atomic E-state index is 0.0143. The maximum absolute atomic E-state index is 11.8. The van der Waals surface area contributed by atoms with Gasteiger partial charge in [-0.3, -0.25) is 25.0 Å². The van der Waals surface area contributed by atoms with Gasteiger partial charge in [-0.05, 0) is 37.9 Å². The number of hydrogen-bond donors (Lipinski definition) is 2. The number of hydrazone groups is 1. The number of halogens is 2. The molecule has 0 saturated carbocycles. The van der Waals surface area contributed by atoms with Gasteiger partial charge in [0.15, 0.2) is 6.61 Å². The lowest BCUT2D eigenvalue weighted by molar-refractivity contribution is -0.385. The first-order chi connectivity index (χ1) is 13.2. The summed E-state index contributed by atoms with van der Waals surface area (Å²) in [6.45, 7) is -0.446. The molecule has 2 aromatic carbocycles. The molecule has 11 nitrogen and oxygen atoms in total. The van der Waals surface area contributed by atoms with Crippen molar-refractivity contribution in [1.29, 1.82) is 0 Å². The van der Waals surface area contributed by atoms with Gasteiger partial charge in [-0.1, -0.05) is 0 Å². The summed E-state index contributed by atoms with van der Waals surface area (Å²) in [4.78, 5) is 32.1. The molecule has 0 aliphatic rings. The number of phenols is 1. The van der Waals surface area contributed by atoms with Gasteiger partial charge in [-0.25, -0.2) is 5.43 Å². The average molecular weight is 518 g/mol. The lowest BCUT2D eigenvalue weighted by Gasteiger charge is -2.07. The van der Waals surface area contributed by atoms with E-state index in [2.05, 4.69) is 42.4 Å². The van der Waals surface area contributed by atoms with Crippen LogP contribution in [0, 0.1) is 20.2 Å².